The molecule has 1 heteroatoms. The van der Waals surface area contributed by atoms with Gasteiger partial charge in [0.05, 0.1) is 6.26 Å². The van der Waals surface area contributed by atoms with Gasteiger partial charge in [0, 0.05) is 0 Å². The molecule has 1 nitrogen and oxygen atoms in total. The average Bonchev–Trinajstić information content (AvgIpc) is 1.89. The van der Waals surface area contributed by atoms with E-state index in [9.17, 15) is 0 Å². The molecular weight excluding hydrogens is 124 g/mol. The molecule has 0 heterocycles. The minimum absolute atomic E-state index is 0.111. The van der Waals surface area contributed by atoms with Gasteiger partial charge in [-0.1, -0.05) is 13.0 Å². The second-order valence-electron chi connectivity index (χ2n) is 3.30. The van der Waals surface area contributed by atoms with Crippen molar-refractivity contribution in [2.45, 2.75) is 44.6 Å². The van der Waals surface area contributed by atoms with Crippen molar-refractivity contribution in [1.29, 1.82) is 0 Å². The minimum Gasteiger partial charge on any atom is -0.496 e. The molecule has 0 amide bonds. The summed E-state index contributed by atoms with van der Waals surface area (Å²) in [6.45, 7) is 5.75. The normalized spacial score (nSPS) is 23.7. The van der Waals surface area contributed by atoms with Crippen molar-refractivity contribution >= 4 is 0 Å². The molecule has 0 spiro atoms. The van der Waals surface area contributed by atoms with Crippen LogP contribution in [-0.4, -0.2) is 5.60 Å². The second kappa shape index (κ2) is 3.09. The summed E-state index contributed by atoms with van der Waals surface area (Å²) in [6, 6.07) is 0. The fourth-order valence-electron chi connectivity index (χ4n) is 1.62. The Labute approximate surface area is 63.1 Å². The maximum atomic E-state index is 5.43. The SMILES string of the molecule is C=COC1(C)CCCCC1. The highest BCUT2D eigenvalue weighted by molar-refractivity contribution is 4.81. The average molecular weight is 140 g/mol. The quantitative estimate of drug-likeness (QED) is 0.536. The van der Waals surface area contributed by atoms with E-state index in [4.69, 9.17) is 4.74 Å². The van der Waals surface area contributed by atoms with Crippen molar-refractivity contribution in [3.8, 4) is 0 Å². The van der Waals surface area contributed by atoms with Crippen LogP contribution in [-0.2, 0) is 4.74 Å². The van der Waals surface area contributed by atoms with Crippen LogP contribution in [0, 0.1) is 0 Å². The van der Waals surface area contributed by atoms with Gasteiger partial charge in [0.15, 0.2) is 0 Å². The Bertz CT molecular complexity index is 112. The third kappa shape index (κ3) is 1.76. The summed E-state index contributed by atoms with van der Waals surface area (Å²) in [4.78, 5) is 0. The standard InChI is InChI=1S/C9H16O/c1-3-10-9(2)7-5-4-6-8-9/h3H,1,4-8H2,2H3. The fourth-order valence-corrected chi connectivity index (χ4v) is 1.62. The van der Waals surface area contributed by atoms with Crippen LogP contribution in [0.2, 0.25) is 0 Å². The predicted octanol–water partition coefficient (Wildman–Crippen LogP) is 2.87. The Morgan fingerprint density at radius 1 is 1.30 bits per heavy atom. The molecule has 10 heavy (non-hydrogen) atoms. The molecule has 58 valence electrons. The van der Waals surface area contributed by atoms with E-state index >= 15 is 0 Å². The van der Waals surface area contributed by atoms with Crippen molar-refractivity contribution in [1.82, 2.24) is 0 Å². The van der Waals surface area contributed by atoms with E-state index in [0.717, 1.165) is 0 Å². The summed E-state index contributed by atoms with van der Waals surface area (Å²) in [5.74, 6) is 0. The summed E-state index contributed by atoms with van der Waals surface area (Å²) in [7, 11) is 0. The molecule has 1 rings (SSSR count). The van der Waals surface area contributed by atoms with E-state index in [-0.39, 0.29) is 5.60 Å². The summed E-state index contributed by atoms with van der Waals surface area (Å²) in [5.41, 5.74) is 0.111. The Morgan fingerprint density at radius 2 is 1.90 bits per heavy atom. The predicted molar refractivity (Wildman–Crippen MR) is 42.8 cm³/mol. The molecule has 0 N–H and O–H groups in total. The molecular formula is C9H16O. The van der Waals surface area contributed by atoms with Gasteiger partial charge in [0.25, 0.3) is 0 Å². The Hall–Kier alpha value is -0.460. The lowest BCUT2D eigenvalue weighted by atomic mass is 9.86. The maximum absolute atomic E-state index is 5.43. The molecule has 1 fully saturated rings. The molecule has 1 aliphatic carbocycles. The molecule has 0 aromatic carbocycles. The van der Waals surface area contributed by atoms with Crippen LogP contribution in [0.1, 0.15) is 39.0 Å². The van der Waals surface area contributed by atoms with Gasteiger partial charge < -0.3 is 4.74 Å². The molecule has 0 aromatic rings. The zero-order chi connectivity index (χ0) is 7.45. The van der Waals surface area contributed by atoms with E-state index < -0.39 is 0 Å². The van der Waals surface area contributed by atoms with Gasteiger partial charge in [-0.3, -0.25) is 0 Å². The second-order valence-corrected chi connectivity index (χ2v) is 3.30. The molecule has 0 aromatic heterocycles. The maximum Gasteiger partial charge on any atom is 0.105 e. The van der Waals surface area contributed by atoms with E-state index in [1.54, 1.807) is 6.26 Å². The summed E-state index contributed by atoms with van der Waals surface area (Å²) < 4.78 is 5.43. The molecule has 1 aliphatic rings. The third-order valence-corrected chi connectivity index (χ3v) is 2.28. The zero-order valence-electron chi connectivity index (χ0n) is 6.73. The van der Waals surface area contributed by atoms with Crippen molar-refractivity contribution in [2.24, 2.45) is 0 Å². The largest absolute Gasteiger partial charge is 0.496 e. The van der Waals surface area contributed by atoms with Gasteiger partial charge in [-0.15, -0.1) is 0 Å². The topological polar surface area (TPSA) is 9.23 Å². The minimum atomic E-state index is 0.111. The molecule has 0 bridgehead atoms. The van der Waals surface area contributed by atoms with Crippen LogP contribution in [0.5, 0.6) is 0 Å². The van der Waals surface area contributed by atoms with Gasteiger partial charge in [-0.05, 0) is 32.6 Å². The zero-order valence-corrected chi connectivity index (χ0v) is 6.73. The smallest absolute Gasteiger partial charge is 0.105 e. The highest BCUT2D eigenvalue weighted by Gasteiger charge is 2.26. The molecule has 0 saturated heterocycles. The lowest BCUT2D eigenvalue weighted by molar-refractivity contribution is 0.00643. The number of hydrogen-bond acceptors (Lipinski definition) is 1. The van der Waals surface area contributed by atoms with Crippen LogP contribution in [0.25, 0.3) is 0 Å². The van der Waals surface area contributed by atoms with E-state index in [2.05, 4.69) is 13.5 Å². The van der Waals surface area contributed by atoms with Gasteiger partial charge in [0.2, 0.25) is 0 Å². The van der Waals surface area contributed by atoms with Crippen molar-refractivity contribution < 1.29 is 4.74 Å². The van der Waals surface area contributed by atoms with Gasteiger partial charge in [-0.25, -0.2) is 0 Å². The summed E-state index contributed by atoms with van der Waals surface area (Å²) >= 11 is 0. The van der Waals surface area contributed by atoms with E-state index in [1.807, 2.05) is 0 Å². The molecule has 0 unspecified atom stereocenters. The van der Waals surface area contributed by atoms with Crippen LogP contribution in [0.15, 0.2) is 12.8 Å². The lowest BCUT2D eigenvalue weighted by Crippen LogP contribution is -2.29. The highest BCUT2D eigenvalue weighted by Crippen LogP contribution is 2.30. The first-order valence-electron chi connectivity index (χ1n) is 4.06. The van der Waals surface area contributed by atoms with Crippen molar-refractivity contribution in [3.63, 3.8) is 0 Å². The number of rotatable bonds is 2. The first-order valence-corrected chi connectivity index (χ1v) is 4.06. The van der Waals surface area contributed by atoms with Crippen LogP contribution < -0.4 is 0 Å². The molecule has 0 radical (unpaired) electrons. The first-order chi connectivity index (χ1) is 4.77. The van der Waals surface area contributed by atoms with Crippen molar-refractivity contribution in [3.05, 3.63) is 12.8 Å². The summed E-state index contributed by atoms with van der Waals surface area (Å²) in [6.07, 6.45) is 7.95. The van der Waals surface area contributed by atoms with Crippen molar-refractivity contribution in [2.75, 3.05) is 0 Å². The van der Waals surface area contributed by atoms with Gasteiger partial charge in [0.1, 0.15) is 5.60 Å². The Morgan fingerprint density at radius 3 is 2.40 bits per heavy atom. The Balaban J connectivity index is 2.39. The van der Waals surface area contributed by atoms with Gasteiger partial charge >= 0.3 is 0 Å². The van der Waals surface area contributed by atoms with Crippen LogP contribution in [0.3, 0.4) is 0 Å². The van der Waals surface area contributed by atoms with E-state index in [0.29, 0.717) is 0 Å². The number of hydrogen-bond donors (Lipinski definition) is 0. The van der Waals surface area contributed by atoms with Crippen LogP contribution in [0.4, 0.5) is 0 Å². The van der Waals surface area contributed by atoms with Gasteiger partial charge in [-0.2, -0.15) is 0 Å². The Kier molecular flexibility index (Phi) is 2.36. The van der Waals surface area contributed by atoms with Crippen LogP contribution >= 0.6 is 0 Å². The molecule has 0 aliphatic heterocycles. The molecule has 1 saturated carbocycles. The monoisotopic (exact) mass is 140 g/mol. The molecule has 0 atom stereocenters. The number of ether oxygens (including phenoxy) is 1. The highest BCUT2D eigenvalue weighted by atomic mass is 16.5. The fraction of sp³-hybridized carbons (Fsp3) is 0.778. The lowest BCUT2D eigenvalue weighted by Gasteiger charge is -2.32. The summed E-state index contributed by atoms with van der Waals surface area (Å²) in [5, 5.41) is 0. The first kappa shape index (κ1) is 7.64. The third-order valence-electron chi connectivity index (χ3n) is 2.28. The van der Waals surface area contributed by atoms with E-state index in [1.165, 1.54) is 32.1 Å².